The van der Waals surface area contributed by atoms with E-state index in [0.29, 0.717) is 34.2 Å². The van der Waals surface area contributed by atoms with Crippen molar-refractivity contribution in [3.05, 3.63) is 109 Å². The van der Waals surface area contributed by atoms with Crippen molar-refractivity contribution in [3.63, 3.8) is 0 Å². The Morgan fingerprint density at radius 2 is 0.957 bits per heavy atom. The van der Waals surface area contributed by atoms with Crippen molar-refractivity contribution in [2.24, 2.45) is 20.5 Å². The molecule has 46 heavy (non-hydrogen) atoms. The molecule has 0 saturated carbocycles. The number of carbonyl (C=O) groups is 2. The number of ether oxygens (including phenoxy) is 4. The van der Waals surface area contributed by atoms with E-state index >= 15 is 0 Å². The third-order valence-electron chi connectivity index (χ3n) is 5.93. The predicted octanol–water partition coefficient (Wildman–Crippen LogP) is 6.71. The minimum Gasteiger partial charge on any atom is -0.490 e. The van der Waals surface area contributed by atoms with Gasteiger partial charge in [-0.3, -0.25) is 14.1 Å². The van der Waals surface area contributed by atoms with E-state index in [9.17, 15) is 22.6 Å². The van der Waals surface area contributed by atoms with Crippen LogP contribution in [0.15, 0.2) is 130 Å². The highest BCUT2D eigenvalue weighted by molar-refractivity contribution is 7.87. The molecule has 0 aromatic heterocycles. The molecule has 4 aromatic carbocycles. The Balaban J connectivity index is 1.14. The molecule has 0 aliphatic carbocycles. The number of carbonyl (C=O) groups excluding carboxylic acids is 2. The van der Waals surface area contributed by atoms with Crippen LogP contribution in [0, 0.1) is 0 Å². The lowest BCUT2D eigenvalue weighted by molar-refractivity contribution is -0.150. The molecule has 0 saturated heterocycles. The largest absolute Gasteiger partial charge is 0.490 e. The van der Waals surface area contributed by atoms with Gasteiger partial charge in [-0.15, -0.1) is 0 Å². The van der Waals surface area contributed by atoms with Crippen molar-refractivity contribution in [1.29, 1.82) is 0 Å². The molecule has 0 aliphatic heterocycles. The van der Waals surface area contributed by atoms with Gasteiger partial charge in [0.25, 0.3) is 10.1 Å². The summed E-state index contributed by atoms with van der Waals surface area (Å²) in [6.07, 6.45) is -0.946. The van der Waals surface area contributed by atoms with E-state index in [4.69, 9.17) is 18.9 Å². The van der Waals surface area contributed by atoms with Gasteiger partial charge < -0.3 is 18.9 Å². The fraction of sp³-hybridized carbons (Fsp3) is 0.188. The summed E-state index contributed by atoms with van der Waals surface area (Å²) in [5, 5.41) is 14.3. The van der Waals surface area contributed by atoms with Crippen LogP contribution in [-0.4, -0.2) is 56.6 Å². The zero-order chi connectivity index (χ0) is 32.6. The molecule has 238 valence electrons. The Bertz CT molecular complexity index is 1720. The maximum absolute atomic E-state index is 12.4. The first-order valence-electron chi connectivity index (χ1n) is 13.9. The normalized spacial score (nSPS) is 12.1. The highest BCUT2D eigenvalue weighted by Crippen LogP contribution is 2.22. The van der Waals surface area contributed by atoms with Gasteiger partial charge in [-0.05, 0) is 72.8 Å². The lowest BCUT2D eigenvalue weighted by Gasteiger charge is -2.14. The standard InChI is InChI=1S/C32H30N4O9S/c37-31(44-21-19-42-28-15-11-26(12-16-28)35-33-24-7-3-1-4-8-24)23-30(46(39,40)41)32(38)45-22-20-43-29-17-13-27(14-18-29)36-34-25-9-5-2-6-10-25/h1-18,30H,19-23H2,(H,39,40,41). The maximum atomic E-state index is 12.4. The van der Waals surface area contributed by atoms with E-state index in [1.165, 1.54) is 0 Å². The Hall–Kier alpha value is -5.47. The molecule has 0 spiro atoms. The van der Waals surface area contributed by atoms with Crippen LogP contribution in [0.3, 0.4) is 0 Å². The molecule has 0 fully saturated rings. The quantitative estimate of drug-likeness (QED) is 0.0600. The summed E-state index contributed by atoms with van der Waals surface area (Å²) in [5.41, 5.74) is 2.62. The maximum Gasteiger partial charge on any atom is 0.327 e. The number of esters is 2. The zero-order valence-electron chi connectivity index (χ0n) is 24.4. The number of nitrogens with zero attached hydrogens (tertiary/aromatic N) is 4. The summed E-state index contributed by atoms with van der Waals surface area (Å²) < 4.78 is 53.9. The number of hydrogen-bond donors (Lipinski definition) is 1. The molecule has 13 nitrogen and oxygen atoms in total. The fourth-order valence-corrected chi connectivity index (χ4v) is 4.33. The number of benzene rings is 4. The van der Waals surface area contributed by atoms with Crippen LogP contribution < -0.4 is 9.47 Å². The second kappa shape index (κ2) is 17.1. The van der Waals surface area contributed by atoms with Gasteiger partial charge >= 0.3 is 11.9 Å². The summed E-state index contributed by atoms with van der Waals surface area (Å²) in [7, 11) is -4.96. The van der Waals surface area contributed by atoms with Gasteiger partial charge in [0, 0.05) is 0 Å². The van der Waals surface area contributed by atoms with Gasteiger partial charge in [-0.1, -0.05) is 36.4 Å². The van der Waals surface area contributed by atoms with Gasteiger partial charge in [0.2, 0.25) is 0 Å². The van der Waals surface area contributed by atoms with E-state index in [0.717, 1.165) is 0 Å². The number of hydrogen-bond acceptors (Lipinski definition) is 12. The third-order valence-corrected chi connectivity index (χ3v) is 7.01. The Morgan fingerprint density at radius 3 is 1.37 bits per heavy atom. The second-order valence-corrected chi connectivity index (χ2v) is 11.0. The predicted molar refractivity (Wildman–Crippen MR) is 167 cm³/mol. The van der Waals surface area contributed by atoms with Gasteiger partial charge in [-0.2, -0.15) is 28.9 Å². The minimum atomic E-state index is -4.96. The van der Waals surface area contributed by atoms with Crippen LogP contribution in [0.25, 0.3) is 0 Å². The highest BCUT2D eigenvalue weighted by Gasteiger charge is 2.35. The summed E-state index contributed by atoms with van der Waals surface area (Å²) in [6, 6.07) is 31.8. The molecule has 0 heterocycles. The zero-order valence-corrected chi connectivity index (χ0v) is 25.2. The molecule has 0 bridgehead atoms. The molecule has 0 radical (unpaired) electrons. The number of rotatable bonds is 16. The monoisotopic (exact) mass is 646 g/mol. The van der Waals surface area contributed by atoms with Gasteiger partial charge in [0.15, 0.2) is 5.25 Å². The average Bonchev–Trinajstić information content (AvgIpc) is 3.07. The van der Waals surface area contributed by atoms with Crippen LogP contribution in [0.1, 0.15) is 6.42 Å². The van der Waals surface area contributed by atoms with Crippen molar-refractivity contribution in [1.82, 2.24) is 0 Å². The molecule has 0 amide bonds. The molecular weight excluding hydrogens is 616 g/mol. The van der Waals surface area contributed by atoms with Crippen molar-refractivity contribution in [2.45, 2.75) is 11.7 Å². The molecule has 1 unspecified atom stereocenters. The fourth-order valence-electron chi connectivity index (χ4n) is 3.67. The van der Waals surface area contributed by atoms with E-state index in [1.54, 1.807) is 48.5 Å². The summed E-state index contributed by atoms with van der Waals surface area (Å²) in [4.78, 5) is 24.5. The molecule has 1 N–H and O–H groups in total. The minimum absolute atomic E-state index is 0.0498. The third kappa shape index (κ3) is 11.6. The van der Waals surface area contributed by atoms with E-state index in [1.807, 2.05) is 60.7 Å². The molecule has 4 aromatic rings. The molecular formula is C32H30N4O9S. The summed E-state index contributed by atoms with van der Waals surface area (Å²) in [6.45, 7) is -0.739. The molecule has 4 rings (SSSR count). The van der Waals surface area contributed by atoms with Gasteiger partial charge in [0.05, 0.1) is 29.2 Å². The second-order valence-electron chi connectivity index (χ2n) is 9.35. The Kier molecular flexibility index (Phi) is 12.4. The van der Waals surface area contributed by atoms with Crippen molar-refractivity contribution in [3.8, 4) is 11.5 Å². The number of azo groups is 2. The van der Waals surface area contributed by atoms with Crippen LogP contribution in [0.5, 0.6) is 11.5 Å². The van der Waals surface area contributed by atoms with Gasteiger partial charge in [0.1, 0.15) is 37.9 Å². The van der Waals surface area contributed by atoms with Crippen LogP contribution in [0.2, 0.25) is 0 Å². The first kappa shape index (κ1) is 33.4. The smallest absolute Gasteiger partial charge is 0.327 e. The van der Waals surface area contributed by atoms with Crippen molar-refractivity contribution >= 4 is 44.8 Å². The Labute approximate surface area is 265 Å². The lowest BCUT2D eigenvalue weighted by atomic mass is 10.3. The van der Waals surface area contributed by atoms with Crippen LogP contribution in [-0.2, 0) is 29.2 Å². The Morgan fingerprint density at radius 1 is 0.565 bits per heavy atom. The van der Waals surface area contributed by atoms with Crippen LogP contribution >= 0.6 is 0 Å². The topological polar surface area (TPSA) is 175 Å². The van der Waals surface area contributed by atoms with Crippen molar-refractivity contribution in [2.75, 3.05) is 26.4 Å². The first-order chi connectivity index (χ1) is 22.3. The lowest BCUT2D eigenvalue weighted by Crippen LogP contribution is -2.35. The molecule has 14 heteroatoms. The summed E-state index contributed by atoms with van der Waals surface area (Å²) in [5.74, 6) is -1.45. The molecule has 0 aliphatic rings. The van der Waals surface area contributed by atoms with Crippen molar-refractivity contribution < 1.29 is 41.5 Å². The van der Waals surface area contributed by atoms with E-state index < -0.39 is 33.7 Å². The highest BCUT2D eigenvalue weighted by atomic mass is 32.2. The molecule has 1 atom stereocenters. The first-order valence-corrected chi connectivity index (χ1v) is 15.4. The van der Waals surface area contributed by atoms with E-state index in [-0.39, 0.29) is 26.4 Å². The SMILES string of the molecule is O=C(CC(C(=O)OCCOc1ccc(N=Nc2ccccc2)cc1)S(=O)(=O)O)OCCOc1ccc(N=Nc2ccccc2)cc1. The average molecular weight is 647 g/mol. The summed E-state index contributed by atoms with van der Waals surface area (Å²) >= 11 is 0. The van der Waals surface area contributed by atoms with Gasteiger partial charge in [-0.25, -0.2) is 0 Å². The van der Waals surface area contributed by atoms with E-state index in [2.05, 4.69) is 20.5 Å². The van der Waals surface area contributed by atoms with Crippen LogP contribution in [0.4, 0.5) is 22.7 Å².